The van der Waals surface area contributed by atoms with Gasteiger partial charge in [0, 0.05) is 22.3 Å². The van der Waals surface area contributed by atoms with Crippen molar-refractivity contribution in [3.05, 3.63) is 67.2 Å². The van der Waals surface area contributed by atoms with Crippen LogP contribution in [0.2, 0.25) is 0 Å². The summed E-state index contributed by atoms with van der Waals surface area (Å²) in [6.45, 7) is 5.89. The van der Waals surface area contributed by atoms with Crippen molar-refractivity contribution < 1.29 is 14.3 Å². The van der Waals surface area contributed by atoms with Gasteiger partial charge >= 0.3 is 5.97 Å². The molecule has 1 N–H and O–H groups in total. The number of aromatic carboxylic acids is 1. The van der Waals surface area contributed by atoms with E-state index in [9.17, 15) is 14.7 Å². The van der Waals surface area contributed by atoms with E-state index in [-0.39, 0.29) is 22.8 Å². The molecule has 3 aromatic rings. The van der Waals surface area contributed by atoms with Crippen LogP contribution in [0.5, 0.6) is 0 Å². The Morgan fingerprint density at radius 1 is 1.29 bits per heavy atom. The third-order valence-corrected chi connectivity index (χ3v) is 6.57. The number of hydrogen-bond donors (Lipinski definition) is 1. The molecule has 0 radical (unpaired) electrons. The molecule has 1 aliphatic carbocycles. The number of carbonyl (C=O) groups is 1. The summed E-state index contributed by atoms with van der Waals surface area (Å²) in [5.74, 6) is 0.359. The average molecular weight is 397 g/mol. The van der Waals surface area contributed by atoms with Gasteiger partial charge in [-0.15, -0.1) is 11.3 Å². The molecule has 2 unspecified atom stereocenters. The van der Waals surface area contributed by atoms with Gasteiger partial charge in [0.25, 0.3) is 0 Å². The van der Waals surface area contributed by atoms with E-state index in [0.717, 1.165) is 24.2 Å². The SMILES string of the molecule is CCCc1c(C2CC2c2cccs2)oc2ccc(C(=O)O)c(C(C)C)c2c1=O. The van der Waals surface area contributed by atoms with E-state index in [0.29, 0.717) is 28.9 Å². The highest BCUT2D eigenvalue weighted by Crippen LogP contribution is 2.56. The van der Waals surface area contributed by atoms with Crippen LogP contribution in [0.3, 0.4) is 0 Å². The summed E-state index contributed by atoms with van der Waals surface area (Å²) in [6.07, 6.45) is 2.49. The molecule has 1 aliphatic rings. The van der Waals surface area contributed by atoms with Gasteiger partial charge in [0.2, 0.25) is 0 Å². The van der Waals surface area contributed by atoms with Gasteiger partial charge in [0.15, 0.2) is 5.43 Å². The van der Waals surface area contributed by atoms with Gasteiger partial charge in [-0.3, -0.25) is 4.79 Å². The van der Waals surface area contributed by atoms with E-state index in [2.05, 4.69) is 17.5 Å². The van der Waals surface area contributed by atoms with Crippen molar-refractivity contribution in [3.8, 4) is 0 Å². The Balaban J connectivity index is 1.93. The first-order valence-corrected chi connectivity index (χ1v) is 10.7. The lowest BCUT2D eigenvalue weighted by Gasteiger charge is -2.16. The van der Waals surface area contributed by atoms with E-state index < -0.39 is 5.97 Å². The Morgan fingerprint density at radius 3 is 2.68 bits per heavy atom. The lowest BCUT2D eigenvalue weighted by Crippen LogP contribution is -2.17. The summed E-state index contributed by atoms with van der Waals surface area (Å²) in [4.78, 5) is 26.6. The molecular weight excluding hydrogens is 372 g/mol. The topological polar surface area (TPSA) is 67.5 Å². The minimum Gasteiger partial charge on any atom is -0.478 e. The second-order valence-corrected chi connectivity index (χ2v) is 8.83. The monoisotopic (exact) mass is 396 g/mol. The minimum atomic E-state index is -1.01. The number of carboxylic acids is 1. The predicted octanol–water partition coefficient (Wildman–Crippen LogP) is 5.90. The zero-order valence-electron chi connectivity index (χ0n) is 16.3. The van der Waals surface area contributed by atoms with Gasteiger partial charge in [0.1, 0.15) is 11.3 Å². The first-order valence-electron chi connectivity index (χ1n) is 9.83. The molecule has 2 heterocycles. The van der Waals surface area contributed by atoms with E-state index >= 15 is 0 Å². The molecule has 0 amide bonds. The summed E-state index contributed by atoms with van der Waals surface area (Å²) in [6, 6.07) is 7.41. The molecule has 28 heavy (non-hydrogen) atoms. The molecule has 146 valence electrons. The van der Waals surface area contributed by atoms with Gasteiger partial charge in [-0.2, -0.15) is 0 Å². The van der Waals surface area contributed by atoms with E-state index in [1.807, 2.05) is 20.8 Å². The number of carboxylic acid groups (broad SMARTS) is 1. The molecule has 1 saturated carbocycles. The number of rotatable bonds is 6. The van der Waals surface area contributed by atoms with Crippen molar-refractivity contribution in [1.82, 2.24) is 0 Å². The number of hydrogen-bond acceptors (Lipinski definition) is 4. The Labute approximate surface area is 167 Å². The van der Waals surface area contributed by atoms with Crippen molar-refractivity contribution in [3.63, 3.8) is 0 Å². The van der Waals surface area contributed by atoms with Crippen molar-refractivity contribution in [2.45, 2.75) is 57.8 Å². The standard InChI is InChI=1S/C23H24O4S/c1-4-6-14-21(24)20-17(9-8-13(23(25)26)19(20)12(2)3)27-22(14)16-11-15(16)18-7-5-10-28-18/h5,7-10,12,15-16H,4,6,11H2,1-3H3,(H,25,26). The van der Waals surface area contributed by atoms with Crippen LogP contribution in [-0.4, -0.2) is 11.1 Å². The van der Waals surface area contributed by atoms with Crippen LogP contribution in [-0.2, 0) is 6.42 Å². The Kier molecular flexibility index (Phi) is 4.88. The number of thiophene rings is 1. The third-order valence-electron chi connectivity index (χ3n) is 5.57. The molecule has 2 atom stereocenters. The number of fused-ring (bicyclic) bond motifs is 1. The van der Waals surface area contributed by atoms with Crippen molar-refractivity contribution in [2.75, 3.05) is 0 Å². The van der Waals surface area contributed by atoms with Crippen LogP contribution in [0.25, 0.3) is 11.0 Å². The average Bonchev–Trinajstić information content (AvgIpc) is 3.26. The van der Waals surface area contributed by atoms with Crippen LogP contribution in [0.1, 0.15) is 83.5 Å². The molecule has 0 spiro atoms. The smallest absolute Gasteiger partial charge is 0.336 e. The molecule has 0 aliphatic heterocycles. The molecule has 0 bridgehead atoms. The largest absolute Gasteiger partial charge is 0.478 e. The van der Waals surface area contributed by atoms with E-state index in [1.54, 1.807) is 23.5 Å². The van der Waals surface area contributed by atoms with Crippen LogP contribution in [0.4, 0.5) is 0 Å². The highest BCUT2D eigenvalue weighted by Gasteiger charge is 2.44. The third kappa shape index (κ3) is 3.08. The van der Waals surface area contributed by atoms with Crippen LogP contribution in [0, 0.1) is 0 Å². The number of benzene rings is 1. The first-order chi connectivity index (χ1) is 13.4. The highest BCUT2D eigenvalue weighted by molar-refractivity contribution is 7.10. The molecule has 4 rings (SSSR count). The molecule has 5 heteroatoms. The zero-order valence-corrected chi connectivity index (χ0v) is 17.1. The second kappa shape index (κ2) is 7.21. The Bertz CT molecular complexity index is 1090. The van der Waals surface area contributed by atoms with Gasteiger partial charge in [-0.25, -0.2) is 4.79 Å². The highest BCUT2D eigenvalue weighted by atomic mass is 32.1. The lowest BCUT2D eigenvalue weighted by molar-refractivity contribution is 0.0695. The summed E-state index contributed by atoms with van der Waals surface area (Å²) >= 11 is 1.75. The van der Waals surface area contributed by atoms with Crippen molar-refractivity contribution in [2.24, 2.45) is 0 Å². The zero-order chi connectivity index (χ0) is 20.0. The fourth-order valence-corrected chi connectivity index (χ4v) is 5.14. The lowest BCUT2D eigenvalue weighted by atomic mass is 9.91. The molecular formula is C23H24O4S. The van der Waals surface area contributed by atoms with Gasteiger partial charge < -0.3 is 9.52 Å². The Morgan fingerprint density at radius 2 is 2.07 bits per heavy atom. The van der Waals surface area contributed by atoms with Crippen molar-refractivity contribution >= 4 is 28.3 Å². The van der Waals surface area contributed by atoms with Crippen LogP contribution in [0.15, 0.2) is 38.9 Å². The maximum absolute atomic E-state index is 13.5. The van der Waals surface area contributed by atoms with Crippen LogP contribution >= 0.6 is 11.3 Å². The quantitative estimate of drug-likeness (QED) is 0.563. The van der Waals surface area contributed by atoms with Gasteiger partial charge in [-0.1, -0.05) is 33.3 Å². The fourth-order valence-electron chi connectivity index (χ4n) is 4.24. The summed E-state index contributed by atoms with van der Waals surface area (Å²) in [7, 11) is 0. The maximum atomic E-state index is 13.5. The predicted molar refractivity (Wildman–Crippen MR) is 112 cm³/mol. The first kappa shape index (κ1) is 18.9. The second-order valence-electron chi connectivity index (χ2n) is 7.85. The summed E-state index contributed by atoms with van der Waals surface area (Å²) in [5.41, 5.74) is 1.94. The molecule has 0 saturated heterocycles. The summed E-state index contributed by atoms with van der Waals surface area (Å²) < 4.78 is 6.32. The van der Waals surface area contributed by atoms with Crippen LogP contribution < -0.4 is 5.43 Å². The molecule has 1 fully saturated rings. The fraction of sp³-hybridized carbons (Fsp3) is 0.391. The van der Waals surface area contributed by atoms with Gasteiger partial charge in [-0.05, 0) is 47.9 Å². The molecule has 4 nitrogen and oxygen atoms in total. The van der Waals surface area contributed by atoms with E-state index in [4.69, 9.17) is 4.42 Å². The van der Waals surface area contributed by atoms with E-state index in [1.165, 1.54) is 4.88 Å². The molecule has 2 aromatic heterocycles. The van der Waals surface area contributed by atoms with Crippen molar-refractivity contribution in [1.29, 1.82) is 0 Å². The maximum Gasteiger partial charge on any atom is 0.336 e. The minimum absolute atomic E-state index is 0.0540. The molecule has 1 aromatic carbocycles. The van der Waals surface area contributed by atoms with Gasteiger partial charge in [0.05, 0.1) is 10.9 Å². The summed E-state index contributed by atoms with van der Waals surface area (Å²) in [5, 5.41) is 12.1. The Hall–Kier alpha value is -2.40. The normalized spacial score (nSPS) is 18.7.